The number of pyridine rings is 1. The van der Waals surface area contributed by atoms with E-state index in [2.05, 4.69) is 4.98 Å². The Hall–Kier alpha value is -2.61. The van der Waals surface area contributed by atoms with E-state index in [4.69, 9.17) is 4.74 Å². The van der Waals surface area contributed by atoms with Crippen molar-refractivity contribution in [1.82, 2.24) is 9.88 Å². The van der Waals surface area contributed by atoms with Crippen molar-refractivity contribution in [2.45, 2.75) is 62.6 Å². The number of amides is 1. The summed E-state index contributed by atoms with van der Waals surface area (Å²) in [5.74, 6) is 0. The summed E-state index contributed by atoms with van der Waals surface area (Å²) < 4.78 is 46.0. The molecule has 2 aromatic rings. The Bertz CT molecular complexity index is 890. The predicted octanol–water partition coefficient (Wildman–Crippen LogP) is 4.64. The van der Waals surface area contributed by atoms with E-state index in [1.165, 1.54) is 0 Å². The quantitative estimate of drug-likeness (QED) is 0.786. The van der Waals surface area contributed by atoms with Crippen LogP contribution in [0.15, 0.2) is 48.8 Å². The van der Waals surface area contributed by atoms with Crippen LogP contribution >= 0.6 is 0 Å². The molecule has 2 saturated heterocycles. The van der Waals surface area contributed by atoms with Crippen LogP contribution in [-0.2, 0) is 23.1 Å². The van der Waals surface area contributed by atoms with Crippen LogP contribution in [0.4, 0.5) is 18.0 Å². The number of hydrogen-bond acceptors (Lipinski definition) is 4. The van der Waals surface area contributed by atoms with E-state index < -0.39 is 23.4 Å². The number of benzene rings is 1. The molecule has 2 bridgehead atoms. The van der Waals surface area contributed by atoms with Crippen LogP contribution in [0, 0.1) is 0 Å². The second-order valence-corrected chi connectivity index (χ2v) is 8.04. The first-order valence-corrected chi connectivity index (χ1v) is 10.0. The molecule has 160 valence electrons. The Morgan fingerprint density at radius 2 is 1.83 bits per heavy atom. The highest BCUT2D eigenvalue weighted by atomic mass is 19.4. The summed E-state index contributed by atoms with van der Waals surface area (Å²) in [6.07, 6.45) is -0.770. The molecule has 1 amide bonds. The largest absolute Gasteiger partial charge is 0.445 e. The van der Waals surface area contributed by atoms with Gasteiger partial charge in [-0.2, -0.15) is 13.2 Å². The number of carbonyl (C=O) groups excluding carboxylic acids is 1. The molecule has 0 saturated carbocycles. The highest BCUT2D eigenvalue weighted by Crippen LogP contribution is 2.47. The van der Waals surface area contributed by atoms with Gasteiger partial charge in [-0.3, -0.25) is 4.98 Å². The molecule has 2 fully saturated rings. The number of halogens is 3. The highest BCUT2D eigenvalue weighted by molar-refractivity contribution is 5.69. The maximum atomic E-state index is 13.5. The van der Waals surface area contributed by atoms with Crippen molar-refractivity contribution in [3.05, 3.63) is 65.5 Å². The molecule has 0 radical (unpaired) electrons. The molecule has 3 heterocycles. The number of piperidine rings is 2. The minimum absolute atomic E-state index is 0.0265. The summed E-state index contributed by atoms with van der Waals surface area (Å²) in [5, 5.41) is 11.3. The van der Waals surface area contributed by atoms with Crippen molar-refractivity contribution < 1.29 is 27.8 Å². The number of fused-ring (bicyclic) bond motifs is 2. The zero-order valence-electron chi connectivity index (χ0n) is 16.3. The molecule has 0 spiro atoms. The van der Waals surface area contributed by atoms with Gasteiger partial charge in [-0.15, -0.1) is 0 Å². The van der Waals surface area contributed by atoms with Crippen molar-refractivity contribution in [3.8, 4) is 0 Å². The molecule has 0 aliphatic carbocycles. The van der Waals surface area contributed by atoms with Gasteiger partial charge in [-0.05, 0) is 30.9 Å². The number of hydrogen-bond donors (Lipinski definition) is 1. The maximum Gasteiger partial charge on any atom is 0.416 e. The summed E-state index contributed by atoms with van der Waals surface area (Å²) in [5.41, 5.74) is -1.93. The second-order valence-electron chi connectivity index (χ2n) is 8.04. The lowest BCUT2D eigenvalue weighted by atomic mass is 9.72. The van der Waals surface area contributed by atoms with Crippen molar-refractivity contribution in [1.29, 1.82) is 0 Å². The van der Waals surface area contributed by atoms with E-state index in [1.54, 1.807) is 4.90 Å². The molecule has 2 aliphatic rings. The number of aromatic nitrogens is 1. The molecule has 1 N–H and O–H groups in total. The fraction of sp³-hybridized carbons (Fsp3) is 0.455. The fourth-order valence-corrected chi connectivity index (χ4v) is 4.75. The Balaban J connectivity index is 1.55. The van der Waals surface area contributed by atoms with Crippen molar-refractivity contribution in [2.24, 2.45) is 0 Å². The Kier molecular flexibility index (Phi) is 5.44. The lowest BCUT2D eigenvalue weighted by Crippen LogP contribution is -2.59. The third-order valence-electron chi connectivity index (χ3n) is 6.05. The first-order valence-electron chi connectivity index (χ1n) is 10.0. The summed E-state index contributed by atoms with van der Waals surface area (Å²) in [7, 11) is 0. The van der Waals surface area contributed by atoms with Gasteiger partial charge in [0.15, 0.2) is 0 Å². The molecule has 2 aliphatic heterocycles. The number of carbonyl (C=O) groups is 1. The van der Waals surface area contributed by atoms with Crippen LogP contribution in [0.25, 0.3) is 0 Å². The molecule has 8 heteroatoms. The van der Waals surface area contributed by atoms with E-state index in [1.807, 2.05) is 30.3 Å². The van der Waals surface area contributed by atoms with E-state index >= 15 is 0 Å². The standard InChI is InChI=1S/C22H23F3N2O3/c23-22(24,25)18-9-10-26-13-19(18)21(29)11-16-7-4-8-17(12-21)27(16)20(28)30-14-15-5-2-1-3-6-15/h1-3,5-6,9-10,13,16-17,29H,4,7-8,11-12,14H2. The molecule has 4 rings (SSSR count). The first-order chi connectivity index (χ1) is 14.3. The smallest absolute Gasteiger partial charge is 0.416 e. The third-order valence-corrected chi connectivity index (χ3v) is 6.05. The highest BCUT2D eigenvalue weighted by Gasteiger charge is 2.51. The summed E-state index contributed by atoms with van der Waals surface area (Å²) >= 11 is 0. The molecule has 30 heavy (non-hydrogen) atoms. The van der Waals surface area contributed by atoms with Gasteiger partial charge in [-0.1, -0.05) is 30.3 Å². The number of rotatable bonds is 3. The van der Waals surface area contributed by atoms with Crippen LogP contribution in [0.1, 0.15) is 48.8 Å². The van der Waals surface area contributed by atoms with Gasteiger partial charge >= 0.3 is 12.3 Å². The third kappa shape index (κ3) is 4.01. The average Bonchev–Trinajstić information content (AvgIpc) is 2.71. The number of alkyl halides is 3. The average molecular weight is 420 g/mol. The monoisotopic (exact) mass is 420 g/mol. The van der Waals surface area contributed by atoms with E-state index in [0.717, 1.165) is 30.4 Å². The Morgan fingerprint density at radius 3 is 2.47 bits per heavy atom. The zero-order valence-corrected chi connectivity index (χ0v) is 16.3. The van der Waals surface area contributed by atoms with Crippen LogP contribution in [0.2, 0.25) is 0 Å². The second kappa shape index (κ2) is 7.91. The molecule has 2 unspecified atom stereocenters. The van der Waals surface area contributed by atoms with Crippen molar-refractivity contribution in [2.75, 3.05) is 0 Å². The molecule has 1 aromatic carbocycles. The van der Waals surface area contributed by atoms with E-state index in [0.29, 0.717) is 12.8 Å². The number of ether oxygens (including phenoxy) is 1. The first kappa shape index (κ1) is 20.7. The minimum atomic E-state index is -4.59. The van der Waals surface area contributed by atoms with Gasteiger partial charge in [0.05, 0.1) is 11.2 Å². The summed E-state index contributed by atoms with van der Waals surface area (Å²) in [6.45, 7) is 0.126. The van der Waals surface area contributed by atoms with Gasteiger partial charge in [0, 0.05) is 42.9 Å². The van der Waals surface area contributed by atoms with Crippen LogP contribution in [-0.4, -0.2) is 33.2 Å². The molecular weight excluding hydrogens is 397 g/mol. The summed E-state index contributed by atoms with van der Waals surface area (Å²) in [6, 6.07) is 9.40. The van der Waals surface area contributed by atoms with Gasteiger partial charge in [0.2, 0.25) is 0 Å². The minimum Gasteiger partial charge on any atom is -0.445 e. The van der Waals surface area contributed by atoms with Gasteiger partial charge in [0.1, 0.15) is 6.61 Å². The lowest BCUT2D eigenvalue weighted by Gasteiger charge is -2.51. The SMILES string of the molecule is O=C(OCc1ccccc1)N1C2CCCC1CC(O)(c1cnccc1C(F)(F)F)C2. The molecule has 2 atom stereocenters. The van der Waals surface area contributed by atoms with Crippen LogP contribution < -0.4 is 0 Å². The Morgan fingerprint density at radius 1 is 1.17 bits per heavy atom. The fourth-order valence-electron chi connectivity index (χ4n) is 4.75. The number of nitrogens with zero attached hydrogens (tertiary/aromatic N) is 2. The van der Waals surface area contributed by atoms with Gasteiger partial charge in [-0.25, -0.2) is 4.79 Å². The maximum absolute atomic E-state index is 13.5. The zero-order chi connectivity index (χ0) is 21.4. The summed E-state index contributed by atoms with van der Waals surface area (Å²) in [4.78, 5) is 18.2. The van der Waals surface area contributed by atoms with Gasteiger partial charge < -0.3 is 14.7 Å². The normalized spacial score (nSPS) is 26.3. The molecular formula is C22H23F3N2O3. The van der Waals surface area contributed by atoms with Crippen molar-refractivity contribution >= 4 is 6.09 Å². The predicted molar refractivity (Wildman–Crippen MR) is 102 cm³/mol. The van der Waals surface area contributed by atoms with Crippen LogP contribution in [0.3, 0.4) is 0 Å². The topological polar surface area (TPSA) is 62.7 Å². The lowest BCUT2D eigenvalue weighted by molar-refractivity contribution is -0.144. The van der Waals surface area contributed by atoms with Crippen LogP contribution in [0.5, 0.6) is 0 Å². The van der Waals surface area contributed by atoms with E-state index in [-0.39, 0.29) is 37.1 Å². The van der Waals surface area contributed by atoms with Crippen molar-refractivity contribution in [3.63, 3.8) is 0 Å². The van der Waals surface area contributed by atoms with Gasteiger partial charge in [0.25, 0.3) is 0 Å². The number of aliphatic hydroxyl groups is 1. The molecule has 1 aromatic heterocycles. The van der Waals surface area contributed by atoms with E-state index in [9.17, 15) is 23.1 Å². The Labute approximate surface area is 172 Å². The molecule has 5 nitrogen and oxygen atoms in total.